The number of likely N-dealkylation sites (tertiary alicyclic amines) is 1. The molecule has 0 spiro atoms. The molecule has 248 valence electrons. The van der Waals surface area contributed by atoms with E-state index in [1.54, 1.807) is 36.4 Å². The van der Waals surface area contributed by atoms with Crippen LogP contribution in [0.25, 0.3) is 10.8 Å². The minimum atomic E-state index is -0.428. The SMILES string of the molecule is CO[C@@H]1C[C@@H](COc2nc3c(c(N4CCN(OC(=O)c5ccccc5)[C@@H](CC#N)C4)n2)CCN(c2cccc4ccccc24)C3)N(C)C1. The molecule has 0 aliphatic carbocycles. The van der Waals surface area contributed by atoms with Crippen LogP contribution in [0.5, 0.6) is 6.01 Å². The predicted octanol–water partition coefficient (Wildman–Crippen LogP) is 4.47. The monoisotopic (exact) mass is 647 g/mol. The number of hydrogen-bond acceptors (Lipinski definition) is 11. The van der Waals surface area contributed by atoms with Crippen LogP contribution in [0.15, 0.2) is 72.8 Å². The minimum absolute atomic E-state index is 0.183. The number of hydrogen-bond donors (Lipinski definition) is 0. The van der Waals surface area contributed by atoms with Crippen LogP contribution in [-0.2, 0) is 22.5 Å². The van der Waals surface area contributed by atoms with E-state index in [0.717, 1.165) is 43.0 Å². The van der Waals surface area contributed by atoms with E-state index in [1.165, 1.54) is 16.5 Å². The second-order valence-corrected chi connectivity index (χ2v) is 12.8. The van der Waals surface area contributed by atoms with Gasteiger partial charge in [-0.25, -0.2) is 4.79 Å². The van der Waals surface area contributed by atoms with E-state index in [1.807, 2.05) is 6.07 Å². The average Bonchev–Trinajstić information content (AvgIpc) is 3.50. The van der Waals surface area contributed by atoms with Gasteiger partial charge in [-0.3, -0.25) is 4.90 Å². The van der Waals surface area contributed by atoms with Crippen molar-refractivity contribution >= 4 is 28.2 Å². The van der Waals surface area contributed by atoms with E-state index < -0.39 is 5.97 Å². The number of anilines is 2. The molecular weight excluding hydrogens is 606 g/mol. The minimum Gasteiger partial charge on any atom is -0.462 e. The Bertz CT molecular complexity index is 1790. The van der Waals surface area contributed by atoms with Gasteiger partial charge in [0.15, 0.2) is 0 Å². The number of nitrogens with zero attached hydrogens (tertiary/aromatic N) is 7. The number of methoxy groups -OCH3 is 1. The van der Waals surface area contributed by atoms with Crippen LogP contribution in [0.3, 0.4) is 0 Å². The van der Waals surface area contributed by atoms with E-state index in [9.17, 15) is 10.1 Å². The third-order valence-corrected chi connectivity index (χ3v) is 9.78. The Kier molecular flexibility index (Phi) is 9.38. The Balaban J connectivity index is 1.16. The highest BCUT2D eigenvalue weighted by Crippen LogP contribution is 2.35. The average molecular weight is 648 g/mol. The molecule has 0 unspecified atom stereocenters. The first-order valence-corrected chi connectivity index (χ1v) is 16.6. The van der Waals surface area contributed by atoms with Crippen LogP contribution in [-0.4, -0.2) is 97.6 Å². The predicted molar refractivity (Wildman–Crippen MR) is 183 cm³/mol. The summed E-state index contributed by atoms with van der Waals surface area (Å²) >= 11 is 0. The topological polar surface area (TPSA) is 107 Å². The first kappa shape index (κ1) is 31.8. The van der Waals surface area contributed by atoms with Crippen LogP contribution in [0.1, 0.15) is 34.5 Å². The van der Waals surface area contributed by atoms with Crippen molar-refractivity contribution in [2.75, 3.05) is 63.3 Å². The third kappa shape index (κ3) is 6.65. The number of likely N-dealkylation sites (N-methyl/N-ethyl adjacent to an activating group) is 1. The summed E-state index contributed by atoms with van der Waals surface area (Å²) in [6, 6.07) is 26.4. The van der Waals surface area contributed by atoms with Crippen LogP contribution in [0.4, 0.5) is 11.5 Å². The van der Waals surface area contributed by atoms with Gasteiger partial charge >= 0.3 is 12.0 Å². The lowest BCUT2D eigenvalue weighted by atomic mass is 10.0. The van der Waals surface area contributed by atoms with Crippen molar-refractivity contribution in [3.8, 4) is 12.1 Å². The summed E-state index contributed by atoms with van der Waals surface area (Å²) in [5, 5.41) is 13.8. The van der Waals surface area contributed by atoms with Gasteiger partial charge in [0, 0.05) is 56.0 Å². The van der Waals surface area contributed by atoms with Gasteiger partial charge in [-0.2, -0.15) is 15.2 Å². The fourth-order valence-corrected chi connectivity index (χ4v) is 7.13. The number of aromatic nitrogens is 2. The number of carbonyl (C=O) groups excluding carboxylic acids is 1. The lowest BCUT2D eigenvalue weighted by Crippen LogP contribution is -2.54. The van der Waals surface area contributed by atoms with Gasteiger partial charge in [0.2, 0.25) is 0 Å². The van der Waals surface area contributed by atoms with Gasteiger partial charge in [0.1, 0.15) is 12.4 Å². The number of piperazine rings is 1. The first-order chi connectivity index (χ1) is 23.5. The molecule has 0 bridgehead atoms. The van der Waals surface area contributed by atoms with E-state index in [0.29, 0.717) is 44.4 Å². The maximum atomic E-state index is 12.9. The van der Waals surface area contributed by atoms with Crippen LogP contribution in [0, 0.1) is 11.3 Å². The van der Waals surface area contributed by atoms with Crippen molar-refractivity contribution < 1.29 is 19.1 Å². The molecule has 3 atom stereocenters. The number of hydroxylamine groups is 2. The van der Waals surface area contributed by atoms with Crippen LogP contribution in [0.2, 0.25) is 0 Å². The summed E-state index contributed by atoms with van der Waals surface area (Å²) in [6.07, 6.45) is 2.04. The zero-order valence-corrected chi connectivity index (χ0v) is 27.5. The number of benzene rings is 3. The second-order valence-electron chi connectivity index (χ2n) is 12.8. The normalized spacial score (nSPS) is 21.6. The highest BCUT2D eigenvalue weighted by molar-refractivity contribution is 5.94. The molecule has 3 aromatic carbocycles. The summed E-state index contributed by atoms with van der Waals surface area (Å²) in [6.45, 7) is 4.25. The van der Waals surface area contributed by atoms with Crippen molar-refractivity contribution in [3.63, 3.8) is 0 Å². The smallest absolute Gasteiger partial charge is 0.357 e. The van der Waals surface area contributed by atoms with Crippen molar-refractivity contribution in [2.24, 2.45) is 0 Å². The molecule has 0 N–H and O–H groups in total. The number of nitriles is 1. The zero-order valence-electron chi connectivity index (χ0n) is 27.5. The summed E-state index contributed by atoms with van der Waals surface area (Å²) in [4.78, 5) is 35.6. The largest absolute Gasteiger partial charge is 0.462 e. The maximum Gasteiger partial charge on any atom is 0.357 e. The van der Waals surface area contributed by atoms with E-state index in [-0.39, 0.29) is 24.6 Å². The van der Waals surface area contributed by atoms with Gasteiger partial charge in [-0.15, -0.1) is 5.06 Å². The molecule has 0 saturated carbocycles. The summed E-state index contributed by atoms with van der Waals surface area (Å²) < 4.78 is 12.0. The molecule has 2 fully saturated rings. The highest BCUT2D eigenvalue weighted by atomic mass is 16.7. The molecule has 2 saturated heterocycles. The summed E-state index contributed by atoms with van der Waals surface area (Å²) in [7, 11) is 3.85. The van der Waals surface area contributed by atoms with Gasteiger partial charge in [0.25, 0.3) is 0 Å². The lowest BCUT2D eigenvalue weighted by Gasteiger charge is -2.41. The van der Waals surface area contributed by atoms with E-state index in [4.69, 9.17) is 24.3 Å². The Labute approximate surface area is 281 Å². The van der Waals surface area contributed by atoms with Crippen LogP contribution < -0.4 is 14.5 Å². The van der Waals surface area contributed by atoms with Crippen LogP contribution >= 0.6 is 0 Å². The van der Waals surface area contributed by atoms with E-state index in [2.05, 4.69) is 70.3 Å². The number of carbonyl (C=O) groups is 1. The molecular formula is C37H41N7O4. The Morgan fingerprint density at radius 3 is 2.56 bits per heavy atom. The number of ether oxygens (including phenoxy) is 2. The molecule has 3 aliphatic rings. The molecule has 11 nitrogen and oxygen atoms in total. The molecule has 4 aromatic rings. The Morgan fingerprint density at radius 1 is 0.938 bits per heavy atom. The molecule has 11 heteroatoms. The zero-order chi connectivity index (χ0) is 33.0. The molecule has 0 radical (unpaired) electrons. The Hall–Kier alpha value is -4.76. The quantitative estimate of drug-likeness (QED) is 0.257. The van der Waals surface area contributed by atoms with Gasteiger partial charge in [0.05, 0.1) is 49.0 Å². The van der Waals surface area contributed by atoms with Crippen molar-refractivity contribution in [3.05, 3.63) is 89.6 Å². The lowest BCUT2D eigenvalue weighted by molar-refractivity contribution is -0.140. The van der Waals surface area contributed by atoms with Crippen molar-refractivity contribution in [1.29, 1.82) is 5.26 Å². The van der Waals surface area contributed by atoms with Crippen molar-refractivity contribution in [1.82, 2.24) is 19.9 Å². The summed E-state index contributed by atoms with van der Waals surface area (Å²) in [5.74, 6) is 0.405. The molecule has 3 aliphatic heterocycles. The standard InChI is InChI=1S/C37H41N7O4/c1-41-23-30(46-2)21-29(41)25-47-37-39-33-24-42(34-14-8-12-26-9-6-7-13-31(26)34)18-16-32(33)35(40-37)43-19-20-44(28(22-43)15-17-38)48-36(45)27-10-4-3-5-11-27/h3-14,28-30H,15-16,18-25H2,1-2H3/t28-,29-,30+/m0/s1. The molecule has 48 heavy (non-hydrogen) atoms. The molecule has 1 aromatic heterocycles. The number of fused-ring (bicyclic) bond motifs is 2. The Morgan fingerprint density at radius 2 is 1.75 bits per heavy atom. The van der Waals surface area contributed by atoms with Gasteiger partial charge in [-0.1, -0.05) is 54.6 Å². The first-order valence-electron chi connectivity index (χ1n) is 16.6. The molecule has 7 rings (SSSR count). The highest BCUT2D eigenvalue weighted by Gasteiger charge is 2.35. The van der Waals surface area contributed by atoms with Crippen molar-refractivity contribution in [2.45, 2.75) is 44.0 Å². The number of rotatable bonds is 9. The maximum absolute atomic E-state index is 12.9. The van der Waals surface area contributed by atoms with Gasteiger partial charge in [-0.05, 0) is 43.5 Å². The third-order valence-electron chi connectivity index (χ3n) is 9.78. The fourth-order valence-electron chi connectivity index (χ4n) is 7.13. The fraction of sp³-hybridized carbons (Fsp3) is 0.405. The van der Waals surface area contributed by atoms with Gasteiger partial charge < -0.3 is 24.1 Å². The summed E-state index contributed by atoms with van der Waals surface area (Å²) in [5.41, 5.74) is 3.70. The van der Waals surface area contributed by atoms with E-state index >= 15 is 0 Å². The molecule has 0 amide bonds. The second kappa shape index (κ2) is 14.2. The molecule has 4 heterocycles.